The molecule has 0 aromatic heterocycles. The summed E-state index contributed by atoms with van der Waals surface area (Å²) in [6.45, 7) is 5.33. The number of benzene rings is 1. The molecule has 132 valence electrons. The zero-order valence-electron chi connectivity index (χ0n) is 14.2. The maximum Gasteiger partial charge on any atom is 0.407 e. The number of hydrogen-bond donors (Lipinski definition) is 2. The Hall–Kier alpha value is -1.75. The fourth-order valence-electron chi connectivity index (χ4n) is 3.22. The summed E-state index contributed by atoms with van der Waals surface area (Å²) in [4.78, 5) is 25.0. The van der Waals surface area contributed by atoms with Gasteiger partial charge in [-0.2, -0.15) is 0 Å². The van der Waals surface area contributed by atoms with E-state index in [1.165, 1.54) is 4.90 Å². The highest BCUT2D eigenvalue weighted by molar-refractivity contribution is 6.30. The molecule has 1 aliphatic rings. The van der Waals surface area contributed by atoms with Crippen molar-refractivity contribution in [3.05, 3.63) is 34.9 Å². The molecule has 2 rings (SSSR count). The maximum atomic E-state index is 12.5. The summed E-state index contributed by atoms with van der Waals surface area (Å²) in [6, 6.07) is 6.91. The Morgan fingerprint density at radius 2 is 1.83 bits per heavy atom. The lowest BCUT2D eigenvalue weighted by molar-refractivity contribution is 0.0865. The molecule has 1 fully saturated rings. The largest absolute Gasteiger partial charge is 0.465 e. The number of hydrogen-bond acceptors (Lipinski definition) is 2. The first-order valence-corrected chi connectivity index (χ1v) is 8.79. The molecule has 24 heavy (non-hydrogen) atoms. The minimum Gasteiger partial charge on any atom is -0.465 e. The van der Waals surface area contributed by atoms with Gasteiger partial charge in [0.2, 0.25) is 0 Å². The van der Waals surface area contributed by atoms with Gasteiger partial charge in [-0.1, -0.05) is 25.4 Å². The summed E-state index contributed by atoms with van der Waals surface area (Å²) < 4.78 is 0. The zero-order valence-corrected chi connectivity index (χ0v) is 14.9. The van der Waals surface area contributed by atoms with E-state index in [4.69, 9.17) is 16.7 Å². The molecule has 5 nitrogen and oxygen atoms in total. The van der Waals surface area contributed by atoms with Gasteiger partial charge in [0, 0.05) is 29.7 Å². The minimum atomic E-state index is -0.862. The summed E-state index contributed by atoms with van der Waals surface area (Å²) in [7, 11) is 0. The van der Waals surface area contributed by atoms with Crippen molar-refractivity contribution in [3.63, 3.8) is 0 Å². The molecule has 1 aliphatic heterocycles. The van der Waals surface area contributed by atoms with Crippen molar-refractivity contribution >= 4 is 23.6 Å². The molecule has 1 saturated heterocycles. The van der Waals surface area contributed by atoms with Crippen LogP contribution in [0.25, 0.3) is 0 Å². The lowest BCUT2D eigenvalue weighted by atomic mass is 9.85. The Kier molecular flexibility index (Phi) is 6.49. The molecule has 1 heterocycles. The number of likely N-dealkylation sites (tertiary alicyclic amines) is 1. The molecule has 1 atom stereocenters. The Morgan fingerprint density at radius 3 is 2.33 bits per heavy atom. The summed E-state index contributed by atoms with van der Waals surface area (Å²) in [5, 5.41) is 12.8. The topological polar surface area (TPSA) is 69.6 Å². The summed E-state index contributed by atoms with van der Waals surface area (Å²) >= 11 is 5.87. The molecule has 1 aromatic carbocycles. The van der Waals surface area contributed by atoms with Crippen LogP contribution in [0.3, 0.4) is 0 Å². The van der Waals surface area contributed by atoms with Gasteiger partial charge in [0.25, 0.3) is 5.91 Å². The molecule has 1 unspecified atom stereocenters. The number of carbonyl (C=O) groups excluding carboxylic acids is 1. The van der Waals surface area contributed by atoms with Gasteiger partial charge >= 0.3 is 6.09 Å². The van der Waals surface area contributed by atoms with Crippen molar-refractivity contribution in [1.82, 2.24) is 10.2 Å². The number of rotatable bonds is 5. The predicted molar refractivity (Wildman–Crippen MR) is 94.5 cm³/mol. The van der Waals surface area contributed by atoms with Crippen LogP contribution in [-0.2, 0) is 0 Å². The summed E-state index contributed by atoms with van der Waals surface area (Å²) in [5.41, 5.74) is 0.594. The Bertz CT molecular complexity index is 566. The van der Waals surface area contributed by atoms with Crippen LogP contribution in [0, 0.1) is 11.8 Å². The average molecular weight is 353 g/mol. The zero-order chi connectivity index (χ0) is 17.7. The van der Waals surface area contributed by atoms with E-state index in [0.29, 0.717) is 35.5 Å². The minimum absolute atomic E-state index is 0.0594. The van der Waals surface area contributed by atoms with Crippen LogP contribution in [0.1, 0.15) is 43.5 Å². The molecular weight excluding hydrogens is 328 g/mol. The van der Waals surface area contributed by atoms with Gasteiger partial charge in [-0.15, -0.1) is 0 Å². The van der Waals surface area contributed by atoms with Gasteiger partial charge in [0.15, 0.2) is 0 Å². The highest BCUT2D eigenvalue weighted by Crippen LogP contribution is 2.25. The molecule has 0 radical (unpaired) electrons. The van der Waals surface area contributed by atoms with Gasteiger partial charge in [0.1, 0.15) is 0 Å². The third-order valence-electron chi connectivity index (χ3n) is 4.53. The van der Waals surface area contributed by atoms with Gasteiger partial charge in [-0.3, -0.25) is 4.79 Å². The van der Waals surface area contributed by atoms with Crippen molar-refractivity contribution < 1.29 is 14.7 Å². The first kappa shape index (κ1) is 18.6. The van der Waals surface area contributed by atoms with Crippen LogP contribution < -0.4 is 5.32 Å². The van der Waals surface area contributed by atoms with Crippen LogP contribution in [0.4, 0.5) is 4.79 Å². The van der Waals surface area contributed by atoms with E-state index in [1.807, 2.05) is 0 Å². The van der Waals surface area contributed by atoms with Crippen LogP contribution in [0.2, 0.25) is 5.02 Å². The van der Waals surface area contributed by atoms with Crippen molar-refractivity contribution in [2.24, 2.45) is 11.8 Å². The first-order chi connectivity index (χ1) is 11.4. The fraction of sp³-hybridized carbons (Fsp3) is 0.556. The number of halogens is 1. The van der Waals surface area contributed by atoms with E-state index in [-0.39, 0.29) is 11.9 Å². The number of amides is 2. The van der Waals surface area contributed by atoms with Crippen molar-refractivity contribution in [3.8, 4) is 0 Å². The first-order valence-electron chi connectivity index (χ1n) is 8.41. The second-order valence-corrected chi connectivity index (χ2v) is 7.26. The van der Waals surface area contributed by atoms with Gasteiger partial charge in [0.05, 0.1) is 0 Å². The summed E-state index contributed by atoms with van der Waals surface area (Å²) in [6.07, 6.45) is 1.59. The van der Waals surface area contributed by atoms with E-state index in [1.54, 1.807) is 24.3 Å². The molecule has 2 N–H and O–H groups in total. The van der Waals surface area contributed by atoms with E-state index in [9.17, 15) is 9.59 Å². The van der Waals surface area contributed by atoms with Crippen molar-refractivity contribution in [2.75, 3.05) is 13.1 Å². The third kappa shape index (κ3) is 5.13. The Balaban J connectivity index is 2.01. The smallest absolute Gasteiger partial charge is 0.407 e. The molecule has 0 aliphatic carbocycles. The Morgan fingerprint density at radius 1 is 1.25 bits per heavy atom. The van der Waals surface area contributed by atoms with E-state index < -0.39 is 6.09 Å². The quantitative estimate of drug-likeness (QED) is 0.845. The standard InChI is InChI=1S/C18H25ClN2O3/c1-12(2)11-16(13-7-9-21(10-8-13)18(23)24)20-17(22)14-3-5-15(19)6-4-14/h3-6,12-13,16H,7-11H2,1-2H3,(H,20,22)(H,23,24). The molecule has 0 spiro atoms. The van der Waals surface area contributed by atoms with Gasteiger partial charge in [-0.25, -0.2) is 4.79 Å². The van der Waals surface area contributed by atoms with Crippen molar-refractivity contribution in [1.29, 1.82) is 0 Å². The molecular formula is C18H25ClN2O3. The fourth-order valence-corrected chi connectivity index (χ4v) is 3.35. The number of nitrogens with zero attached hydrogens (tertiary/aromatic N) is 1. The summed E-state index contributed by atoms with van der Waals surface area (Å²) in [5.74, 6) is 0.662. The third-order valence-corrected chi connectivity index (χ3v) is 4.78. The highest BCUT2D eigenvalue weighted by Gasteiger charge is 2.29. The van der Waals surface area contributed by atoms with Crippen LogP contribution in [0.5, 0.6) is 0 Å². The lowest BCUT2D eigenvalue weighted by Gasteiger charge is -2.36. The molecule has 2 amide bonds. The monoisotopic (exact) mass is 352 g/mol. The second kappa shape index (κ2) is 8.38. The van der Waals surface area contributed by atoms with Crippen molar-refractivity contribution in [2.45, 2.75) is 39.2 Å². The second-order valence-electron chi connectivity index (χ2n) is 6.82. The molecule has 1 aromatic rings. The van der Waals surface area contributed by atoms with E-state index >= 15 is 0 Å². The van der Waals surface area contributed by atoms with Gasteiger partial charge in [-0.05, 0) is 55.4 Å². The van der Waals surface area contributed by atoms with Crippen LogP contribution >= 0.6 is 11.6 Å². The average Bonchev–Trinajstić information content (AvgIpc) is 2.54. The Labute approximate surface area is 148 Å². The van der Waals surface area contributed by atoms with Gasteiger partial charge < -0.3 is 15.3 Å². The highest BCUT2D eigenvalue weighted by atomic mass is 35.5. The molecule has 0 bridgehead atoms. The maximum absolute atomic E-state index is 12.5. The van der Waals surface area contributed by atoms with Crippen LogP contribution in [0.15, 0.2) is 24.3 Å². The number of nitrogens with one attached hydrogen (secondary N) is 1. The number of carboxylic acid groups (broad SMARTS) is 1. The number of carbonyl (C=O) groups is 2. The van der Waals surface area contributed by atoms with Crippen LogP contribution in [-0.4, -0.2) is 41.1 Å². The lowest BCUT2D eigenvalue weighted by Crippen LogP contribution is -2.47. The molecule has 6 heteroatoms. The van der Waals surface area contributed by atoms with E-state index in [0.717, 1.165) is 19.3 Å². The normalized spacial score (nSPS) is 16.9. The molecule has 0 saturated carbocycles. The predicted octanol–water partition coefficient (Wildman–Crippen LogP) is 3.87. The number of piperidine rings is 1. The van der Waals surface area contributed by atoms with E-state index in [2.05, 4.69) is 19.2 Å². The SMILES string of the molecule is CC(C)CC(NC(=O)c1ccc(Cl)cc1)C1CCN(C(=O)O)CC1.